The quantitative estimate of drug-likeness (QED) is 0.855. The molecule has 0 bridgehead atoms. The summed E-state index contributed by atoms with van der Waals surface area (Å²) in [5, 5.41) is 0.695. The van der Waals surface area contributed by atoms with Gasteiger partial charge in [0.2, 0.25) is 0 Å². The number of carbonyl (C=O) groups is 1. The molecule has 0 spiro atoms. The van der Waals surface area contributed by atoms with Crippen molar-refractivity contribution in [3.05, 3.63) is 57.6 Å². The molecule has 1 heterocycles. The fourth-order valence-corrected chi connectivity index (χ4v) is 3.06. The summed E-state index contributed by atoms with van der Waals surface area (Å²) >= 11 is 6.17. The first-order chi connectivity index (χ1) is 11.0. The fourth-order valence-electron chi connectivity index (χ4n) is 2.88. The number of rotatable bonds is 4. The Hall–Kier alpha value is -2.20. The van der Waals surface area contributed by atoms with E-state index in [0.29, 0.717) is 23.9 Å². The van der Waals surface area contributed by atoms with E-state index in [1.807, 2.05) is 25.1 Å². The Morgan fingerprint density at radius 2 is 1.96 bits per heavy atom. The van der Waals surface area contributed by atoms with Gasteiger partial charge in [0.05, 0.1) is 14.2 Å². The maximum atomic E-state index is 12.6. The summed E-state index contributed by atoms with van der Waals surface area (Å²) in [7, 11) is 3.23. The van der Waals surface area contributed by atoms with Gasteiger partial charge in [-0.25, -0.2) is 0 Å². The van der Waals surface area contributed by atoms with E-state index in [1.54, 1.807) is 31.3 Å². The topological polar surface area (TPSA) is 38.8 Å². The molecule has 5 heteroatoms. The monoisotopic (exact) mass is 331 g/mol. The zero-order valence-corrected chi connectivity index (χ0v) is 14.1. The SMILES string of the molecule is COc1ccc(CN2Cc3c(ccc(Cl)c3C)C2=O)c(OC)c1. The Kier molecular flexibility index (Phi) is 4.18. The lowest BCUT2D eigenvalue weighted by atomic mass is 10.0. The lowest BCUT2D eigenvalue weighted by Crippen LogP contribution is -2.23. The molecule has 3 rings (SSSR count). The summed E-state index contributed by atoms with van der Waals surface area (Å²) < 4.78 is 10.6. The third-order valence-electron chi connectivity index (χ3n) is 4.25. The maximum Gasteiger partial charge on any atom is 0.254 e. The number of hydrogen-bond acceptors (Lipinski definition) is 3. The molecule has 4 nitrogen and oxygen atoms in total. The minimum Gasteiger partial charge on any atom is -0.497 e. The van der Waals surface area contributed by atoms with Crippen molar-refractivity contribution in [3.8, 4) is 11.5 Å². The highest BCUT2D eigenvalue weighted by molar-refractivity contribution is 6.31. The van der Waals surface area contributed by atoms with E-state index in [4.69, 9.17) is 21.1 Å². The van der Waals surface area contributed by atoms with Crippen LogP contribution in [0.15, 0.2) is 30.3 Å². The predicted octanol–water partition coefficient (Wildman–Crippen LogP) is 3.82. The minimum absolute atomic E-state index is 0.0256. The third-order valence-corrected chi connectivity index (χ3v) is 4.66. The molecular formula is C18H18ClNO3. The summed E-state index contributed by atoms with van der Waals surface area (Å²) in [5.74, 6) is 1.46. The van der Waals surface area contributed by atoms with Crippen molar-refractivity contribution in [1.29, 1.82) is 0 Å². The van der Waals surface area contributed by atoms with Crippen LogP contribution in [-0.4, -0.2) is 25.0 Å². The number of ether oxygens (including phenoxy) is 2. The highest BCUT2D eigenvalue weighted by atomic mass is 35.5. The van der Waals surface area contributed by atoms with Gasteiger partial charge < -0.3 is 14.4 Å². The highest BCUT2D eigenvalue weighted by Crippen LogP contribution is 2.33. The van der Waals surface area contributed by atoms with E-state index in [2.05, 4.69) is 0 Å². The molecule has 1 amide bonds. The van der Waals surface area contributed by atoms with Crippen molar-refractivity contribution in [1.82, 2.24) is 4.90 Å². The van der Waals surface area contributed by atoms with Crippen LogP contribution in [-0.2, 0) is 13.1 Å². The van der Waals surface area contributed by atoms with Crippen LogP contribution >= 0.6 is 11.6 Å². The van der Waals surface area contributed by atoms with Crippen LogP contribution in [0, 0.1) is 6.92 Å². The normalized spacial score (nSPS) is 13.2. The second kappa shape index (κ2) is 6.13. The Morgan fingerprint density at radius 3 is 2.65 bits per heavy atom. The predicted molar refractivity (Wildman–Crippen MR) is 89.3 cm³/mol. The molecule has 0 fully saturated rings. The van der Waals surface area contributed by atoms with Crippen molar-refractivity contribution in [2.75, 3.05) is 14.2 Å². The second-order valence-corrected chi connectivity index (χ2v) is 5.94. The van der Waals surface area contributed by atoms with Gasteiger partial charge in [-0.15, -0.1) is 0 Å². The first-order valence-electron chi connectivity index (χ1n) is 7.33. The summed E-state index contributed by atoms with van der Waals surface area (Å²) in [6.07, 6.45) is 0. The van der Waals surface area contributed by atoms with Gasteiger partial charge in [0, 0.05) is 35.3 Å². The van der Waals surface area contributed by atoms with Gasteiger partial charge in [-0.05, 0) is 42.3 Å². The first-order valence-corrected chi connectivity index (χ1v) is 7.71. The average Bonchev–Trinajstić information content (AvgIpc) is 2.88. The number of carbonyl (C=O) groups excluding carboxylic acids is 1. The van der Waals surface area contributed by atoms with E-state index in [9.17, 15) is 4.79 Å². The Morgan fingerprint density at radius 1 is 1.17 bits per heavy atom. The maximum absolute atomic E-state index is 12.6. The van der Waals surface area contributed by atoms with Crippen LogP contribution < -0.4 is 9.47 Å². The molecule has 0 aliphatic carbocycles. The first kappa shape index (κ1) is 15.7. The average molecular weight is 332 g/mol. The van der Waals surface area contributed by atoms with Crippen LogP contribution in [0.4, 0.5) is 0 Å². The zero-order valence-electron chi connectivity index (χ0n) is 13.4. The summed E-state index contributed by atoms with van der Waals surface area (Å²) in [6.45, 7) is 3.00. The van der Waals surface area contributed by atoms with Gasteiger partial charge in [-0.3, -0.25) is 4.79 Å². The molecule has 23 heavy (non-hydrogen) atoms. The molecule has 0 atom stereocenters. The summed E-state index contributed by atoms with van der Waals surface area (Å²) in [5.41, 5.74) is 3.66. The Labute approximate surface area is 140 Å². The number of halogens is 1. The summed E-state index contributed by atoms with van der Waals surface area (Å²) in [6, 6.07) is 9.20. The number of methoxy groups -OCH3 is 2. The van der Waals surface area contributed by atoms with E-state index in [-0.39, 0.29) is 5.91 Å². The van der Waals surface area contributed by atoms with Gasteiger partial charge in [-0.1, -0.05) is 11.6 Å². The van der Waals surface area contributed by atoms with Crippen LogP contribution in [0.5, 0.6) is 11.5 Å². The van der Waals surface area contributed by atoms with Crippen LogP contribution in [0.1, 0.15) is 27.0 Å². The minimum atomic E-state index is 0.0256. The van der Waals surface area contributed by atoms with Crippen molar-refractivity contribution in [3.63, 3.8) is 0 Å². The van der Waals surface area contributed by atoms with Crippen LogP contribution in [0.3, 0.4) is 0 Å². The number of hydrogen-bond donors (Lipinski definition) is 0. The molecule has 2 aromatic carbocycles. The molecule has 1 aliphatic heterocycles. The number of benzene rings is 2. The second-order valence-electron chi connectivity index (χ2n) is 5.54. The summed E-state index contributed by atoms with van der Waals surface area (Å²) in [4.78, 5) is 14.4. The van der Waals surface area contributed by atoms with E-state index in [0.717, 1.165) is 28.0 Å². The molecule has 1 aliphatic rings. The van der Waals surface area contributed by atoms with Gasteiger partial charge in [0.15, 0.2) is 0 Å². The van der Waals surface area contributed by atoms with Gasteiger partial charge in [0.25, 0.3) is 5.91 Å². The smallest absolute Gasteiger partial charge is 0.254 e. The molecule has 120 valence electrons. The molecule has 0 unspecified atom stereocenters. The van der Waals surface area contributed by atoms with Crippen molar-refractivity contribution in [2.24, 2.45) is 0 Å². The van der Waals surface area contributed by atoms with E-state index >= 15 is 0 Å². The Bertz CT molecular complexity index is 773. The van der Waals surface area contributed by atoms with Crippen molar-refractivity contribution < 1.29 is 14.3 Å². The van der Waals surface area contributed by atoms with Crippen molar-refractivity contribution in [2.45, 2.75) is 20.0 Å². The molecular weight excluding hydrogens is 314 g/mol. The zero-order chi connectivity index (χ0) is 16.6. The van der Waals surface area contributed by atoms with E-state index in [1.165, 1.54) is 0 Å². The lowest BCUT2D eigenvalue weighted by Gasteiger charge is -2.18. The highest BCUT2D eigenvalue weighted by Gasteiger charge is 2.29. The van der Waals surface area contributed by atoms with Crippen LogP contribution in [0.25, 0.3) is 0 Å². The van der Waals surface area contributed by atoms with Crippen LogP contribution in [0.2, 0.25) is 5.02 Å². The Balaban J connectivity index is 1.88. The number of amides is 1. The molecule has 2 aromatic rings. The van der Waals surface area contributed by atoms with Crippen molar-refractivity contribution >= 4 is 17.5 Å². The largest absolute Gasteiger partial charge is 0.497 e. The lowest BCUT2D eigenvalue weighted by molar-refractivity contribution is 0.0765. The number of nitrogens with zero attached hydrogens (tertiary/aromatic N) is 1. The molecule has 0 radical (unpaired) electrons. The van der Waals surface area contributed by atoms with Gasteiger partial charge in [0.1, 0.15) is 11.5 Å². The third kappa shape index (κ3) is 2.75. The van der Waals surface area contributed by atoms with Gasteiger partial charge >= 0.3 is 0 Å². The van der Waals surface area contributed by atoms with Gasteiger partial charge in [-0.2, -0.15) is 0 Å². The molecule has 0 saturated heterocycles. The molecule has 0 N–H and O–H groups in total. The standard InChI is InChI=1S/C18H18ClNO3/c1-11-15-10-20(18(21)14(15)6-7-16(11)19)9-12-4-5-13(22-2)8-17(12)23-3/h4-8H,9-10H2,1-3H3. The fraction of sp³-hybridized carbons (Fsp3) is 0.278. The van der Waals surface area contributed by atoms with E-state index < -0.39 is 0 Å². The molecule has 0 saturated carbocycles. The number of fused-ring (bicyclic) bond motifs is 1. The molecule has 0 aromatic heterocycles.